The molecule has 0 aromatic rings. The molecule has 0 aliphatic rings. The smallest absolute Gasteiger partial charge is 1.00 e. The minimum Gasteiger partial charge on any atom is -1.00 e. The van der Waals surface area contributed by atoms with Crippen LogP contribution >= 0.6 is 0 Å². The summed E-state index contributed by atoms with van der Waals surface area (Å²) in [6.45, 7) is 6.50. The molecule has 0 heterocycles. The van der Waals surface area contributed by atoms with Gasteiger partial charge in [-0.25, -0.2) is 19.6 Å². The van der Waals surface area contributed by atoms with E-state index < -0.39 is 0 Å². The van der Waals surface area contributed by atoms with E-state index in [1.807, 2.05) is 0 Å². The second-order valence-electron chi connectivity index (χ2n) is 0.289. The summed E-state index contributed by atoms with van der Waals surface area (Å²) in [7, 11) is 0. The van der Waals surface area contributed by atoms with Gasteiger partial charge < -0.3 is 2.85 Å². The van der Waals surface area contributed by atoms with Crippen LogP contribution in [0, 0.1) is 6.92 Å². The molecule has 0 amide bonds. The van der Waals surface area contributed by atoms with Crippen LogP contribution in [0.5, 0.6) is 0 Å². The van der Waals surface area contributed by atoms with Gasteiger partial charge in [0.25, 0.3) is 0 Å². The fourth-order valence-corrected chi connectivity index (χ4v) is 0. The first-order valence-corrected chi connectivity index (χ1v) is 0.816. The van der Waals surface area contributed by atoms with Crippen LogP contribution in [0.3, 0.4) is 0 Å². The van der Waals surface area contributed by atoms with Crippen LogP contribution in [0.25, 0.3) is 0 Å². The van der Waals surface area contributed by atoms with Crippen molar-refractivity contribution in [3.05, 3.63) is 19.6 Å². The minimum atomic E-state index is 0. The number of allylic oxidation sites excluding steroid dienone is 1. The van der Waals surface area contributed by atoms with Gasteiger partial charge in [-0.3, -0.25) is 0 Å². The Morgan fingerprint density at radius 3 is 1.80 bits per heavy atom. The Morgan fingerprint density at radius 1 is 1.80 bits per heavy atom. The van der Waals surface area contributed by atoms with Crippen molar-refractivity contribution in [1.29, 1.82) is 0 Å². The van der Waals surface area contributed by atoms with Gasteiger partial charge in [-0.2, -0.15) is 0 Å². The summed E-state index contributed by atoms with van der Waals surface area (Å²) in [5, 5.41) is 0. The summed E-state index contributed by atoms with van der Waals surface area (Å²) in [4.78, 5) is 0. The van der Waals surface area contributed by atoms with Gasteiger partial charge in [0.15, 0.2) is 0 Å². The largest absolute Gasteiger partial charge is 2.00 e. The van der Waals surface area contributed by atoms with Crippen molar-refractivity contribution in [2.45, 2.75) is 0 Å². The maximum absolute atomic E-state index is 3.25. The van der Waals surface area contributed by atoms with E-state index in [4.69, 9.17) is 0 Å². The second kappa shape index (κ2) is 20.2. The van der Waals surface area contributed by atoms with Crippen LogP contribution in [0.1, 0.15) is 2.85 Å². The Hall–Kier alpha value is 0.974. The Balaban J connectivity index is -0.00000000333. The molecule has 0 atom stereocenters. The fourth-order valence-electron chi connectivity index (χ4n) is 0. The molecule has 22 valence electrons. The molecule has 0 saturated heterocycles. The fraction of sp³-hybridized carbons (Fsp3) is 0. The van der Waals surface area contributed by atoms with Crippen molar-refractivity contribution in [1.82, 2.24) is 0 Å². The van der Waals surface area contributed by atoms with Crippen molar-refractivity contribution in [3.63, 3.8) is 0 Å². The molecule has 0 aliphatic heterocycles. The topological polar surface area (TPSA) is 0 Å². The van der Waals surface area contributed by atoms with Crippen molar-refractivity contribution in [3.8, 4) is 0 Å². The van der Waals surface area contributed by atoms with E-state index in [1.54, 1.807) is 0 Å². The molecule has 0 aromatic carbocycles. The van der Waals surface area contributed by atoms with Gasteiger partial charge in [0.1, 0.15) is 0 Å². The number of hydrogen-bond donors (Lipinski definition) is 0. The van der Waals surface area contributed by atoms with E-state index in [9.17, 15) is 0 Å². The van der Waals surface area contributed by atoms with E-state index in [1.165, 1.54) is 6.08 Å². The first-order chi connectivity index (χ1) is 1.41. The van der Waals surface area contributed by atoms with Crippen LogP contribution in [-0.4, -0.2) is 23.1 Å². The summed E-state index contributed by atoms with van der Waals surface area (Å²) in [6, 6.07) is 0. The van der Waals surface area contributed by atoms with Gasteiger partial charge in [0.2, 0.25) is 0 Å². The third-order valence-corrected chi connectivity index (χ3v) is 0. The maximum atomic E-state index is 3.25. The van der Waals surface area contributed by atoms with Gasteiger partial charge in [0, 0.05) is 0 Å². The Kier molecular flexibility index (Phi) is 67.4. The van der Waals surface area contributed by atoms with E-state index >= 15 is 0 Å². The molecule has 5 heavy (non-hydrogen) atoms. The molecule has 0 bridgehead atoms. The molecule has 0 spiro atoms. The summed E-state index contributed by atoms with van der Waals surface area (Å²) in [5.41, 5.74) is 0. The van der Waals surface area contributed by atoms with Crippen molar-refractivity contribution < 1.29 is 21.7 Å². The quantitative estimate of drug-likeness (QED) is 0.227. The van der Waals surface area contributed by atoms with Crippen LogP contribution in [0.2, 0.25) is 0 Å². The number of hydrogen-bond acceptors (Lipinski definition) is 0. The molecule has 2 heteroatoms. The molecular weight excluding hydrogens is 67.3 g/mol. The summed E-state index contributed by atoms with van der Waals surface area (Å²) in [6.07, 6.45) is 1.50. The van der Waals surface area contributed by atoms with Crippen LogP contribution < -0.4 is 18.9 Å². The van der Waals surface area contributed by atoms with Crippen molar-refractivity contribution in [2.24, 2.45) is 0 Å². The first kappa shape index (κ1) is 16.7. The molecule has 0 fully saturated rings. The van der Waals surface area contributed by atoms with Gasteiger partial charge in [-0.1, -0.05) is 0 Å². The molecule has 0 saturated carbocycles. The van der Waals surface area contributed by atoms with Crippen LogP contribution in [0.4, 0.5) is 0 Å². The predicted octanol–water partition coefficient (Wildman–Crippen LogP) is -2.15. The molecule has 0 rings (SSSR count). The third kappa shape index (κ3) is 46.4. The van der Waals surface area contributed by atoms with Gasteiger partial charge in [-0.05, 0) is 0 Å². The van der Waals surface area contributed by atoms with Crippen LogP contribution in [-0.2, 0) is 0 Å². The van der Waals surface area contributed by atoms with Crippen molar-refractivity contribution >= 4 is 23.1 Å². The SMILES string of the molecule is C=C[CH2-].[H-].[H-].[Li+].[Mg+2]. The van der Waals surface area contributed by atoms with E-state index in [0.29, 0.717) is 0 Å². The third-order valence-electron chi connectivity index (χ3n) is 0. The molecule has 0 radical (unpaired) electrons. The first-order valence-electron chi connectivity index (χ1n) is 0.816. The Labute approximate surface area is 64.3 Å². The van der Waals surface area contributed by atoms with Crippen molar-refractivity contribution in [2.75, 3.05) is 0 Å². The molecule has 0 N–H and O–H groups in total. The van der Waals surface area contributed by atoms with E-state index in [-0.39, 0.29) is 44.8 Å². The Morgan fingerprint density at radius 2 is 1.80 bits per heavy atom. The molecule has 0 aromatic heterocycles. The average Bonchev–Trinajstić information content (AvgIpc) is 0.918. The zero-order chi connectivity index (χ0) is 2.71. The van der Waals surface area contributed by atoms with Gasteiger partial charge in [-0.15, -0.1) is 0 Å². The maximum Gasteiger partial charge on any atom is 2.00 e. The average molecular weight is 74.3 g/mol. The molecular formula is C3H7LiMg. The number of rotatable bonds is 0. The monoisotopic (exact) mass is 74.1 g/mol. The zero-order valence-corrected chi connectivity index (χ0v) is 5.11. The standard InChI is InChI=1S/C3H5.Li.Mg.2H/c1-3-2;;;;/h3H,1-2H2;;;;/q-1;+1;+2;2*-1. The minimum absolute atomic E-state index is 0. The normalized spacial score (nSPS) is 2.40. The summed E-state index contributed by atoms with van der Waals surface area (Å²) in [5.74, 6) is 0. The second-order valence-corrected chi connectivity index (χ2v) is 0.289. The summed E-state index contributed by atoms with van der Waals surface area (Å²) < 4.78 is 0. The van der Waals surface area contributed by atoms with Crippen LogP contribution in [0.15, 0.2) is 12.7 Å². The molecule has 0 aliphatic carbocycles. The zero-order valence-electron chi connectivity index (χ0n) is 5.70. The van der Waals surface area contributed by atoms with Gasteiger partial charge >= 0.3 is 41.9 Å². The molecule has 0 unspecified atom stereocenters. The predicted molar refractivity (Wildman–Crippen MR) is 23.5 cm³/mol. The Bertz CT molecular complexity index is 20.4. The van der Waals surface area contributed by atoms with E-state index in [0.717, 1.165) is 0 Å². The summed E-state index contributed by atoms with van der Waals surface area (Å²) >= 11 is 0. The van der Waals surface area contributed by atoms with E-state index in [2.05, 4.69) is 13.5 Å². The molecule has 0 nitrogen and oxygen atoms in total. The van der Waals surface area contributed by atoms with Gasteiger partial charge in [0.05, 0.1) is 0 Å².